The molecule has 1 aromatic carbocycles. The smallest absolute Gasteiger partial charge is 0.245 e. The van der Waals surface area contributed by atoms with Crippen LogP contribution in [0, 0.1) is 6.92 Å². The lowest BCUT2D eigenvalue weighted by atomic mass is 9.94. The molecule has 0 saturated heterocycles. The zero-order chi connectivity index (χ0) is 20.4. The number of aliphatic hydroxyl groups is 1. The highest BCUT2D eigenvalue weighted by Crippen LogP contribution is 2.25. The summed E-state index contributed by atoms with van der Waals surface area (Å²) in [5.74, 6) is 1.48. The lowest BCUT2D eigenvalue weighted by Gasteiger charge is -2.13. The molecule has 4 aromatic rings. The normalized spacial score (nSPS) is 12.5. The molecule has 0 aliphatic rings. The summed E-state index contributed by atoms with van der Waals surface area (Å²) < 4.78 is 6.91. The van der Waals surface area contributed by atoms with Crippen molar-refractivity contribution in [3.05, 3.63) is 59.2 Å². The van der Waals surface area contributed by atoms with E-state index in [9.17, 15) is 5.11 Å². The van der Waals surface area contributed by atoms with Crippen molar-refractivity contribution in [2.75, 3.05) is 12.3 Å². The number of rotatable bonds is 7. The number of nitrogen functional groups attached to an aromatic ring is 1. The van der Waals surface area contributed by atoms with Crippen LogP contribution in [0.5, 0.6) is 0 Å². The Hall–Kier alpha value is -3.26. The molecule has 29 heavy (non-hydrogen) atoms. The third kappa shape index (κ3) is 3.71. The number of hydrogen-bond acceptors (Lipinski definition) is 7. The van der Waals surface area contributed by atoms with Crippen LogP contribution in [0.15, 0.2) is 41.1 Å². The number of benzene rings is 1. The van der Waals surface area contributed by atoms with Gasteiger partial charge in [0.25, 0.3) is 0 Å². The van der Waals surface area contributed by atoms with E-state index in [-0.39, 0.29) is 18.5 Å². The molecule has 150 valence electrons. The van der Waals surface area contributed by atoms with Crippen molar-refractivity contribution in [1.29, 1.82) is 0 Å². The number of aryl methyl sites for hydroxylation is 1. The second-order valence-corrected chi connectivity index (χ2v) is 7.13. The van der Waals surface area contributed by atoms with Crippen molar-refractivity contribution in [1.82, 2.24) is 24.6 Å². The monoisotopic (exact) mass is 392 g/mol. The molecule has 8 nitrogen and oxygen atoms in total. The molecule has 0 spiro atoms. The standard InChI is InChI=1S/C21H24N6O2/c1-3-4-16(12-28)15-7-5-14(6-8-15)11-17-24-19-13(2)18(20-23-9-10-29-20)25-21(22)27(19)26-17/h5-10,16,28H,3-4,11-12H2,1-2H3,(H2,22,25)/t16-/m0/s1. The SMILES string of the molecule is CCC[C@@H](CO)c1ccc(Cc2nc3c(C)c(-c4ncco4)nc(N)n3n2)cc1. The topological polar surface area (TPSA) is 115 Å². The summed E-state index contributed by atoms with van der Waals surface area (Å²) in [5.41, 5.74) is 10.3. The number of hydrogen-bond donors (Lipinski definition) is 2. The van der Waals surface area contributed by atoms with E-state index in [1.165, 1.54) is 6.26 Å². The van der Waals surface area contributed by atoms with Crippen LogP contribution in [-0.2, 0) is 6.42 Å². The van der Waals surface area contributed by atoms with Gasteiger partial charge in [-0.2, -0.15) is 4.52 Å². The summed E-state index contributed by atoms with van der Waals surface area (Å²) in [7, 11) is 0. The summed E-state index contributed by atoms with van der Waals surface area (Å²) >= 11 is 0. The molecular formula is C21H24N6O2. The largest absolute Gasteiger partial charge is 0.443 e. The predicted molar refractivity (Wildman–Crippen MR) is 109 cm³/mol. The van der Waals surface area contributed by atoms with Gasteiger partial charge in [-0.1, -0.05) is 37.6 Å². The minimum Gasteiger partial charge on any atom is -0.443 e. The summed E-state index contributed by atoms with van der Waals surface area (Å²) in [5, 5.41) is 14.1. The van der Waals surface area contributed by atoms with Crippen LogP contribution in [0.4, 0.5) is 5.95 Å². The molecule has 3 N–H and O–H groups in total. The Morgan fingerprint density at radius 2 is 2.00 bits per heavy atom. The third-order valence-corrected chi connectivity index (χ3v) is 5.09. The average Bonchev–Trinajstić information content (AvgIpc) is 3.40. The molecular weight excluding hydrogens is 368 g/mol. The lowest BCUT2D eigenvalue weighted by Crippen LogP contribution is -2.06. The molecule has 0 amide bonds. The van der Waals surface area contributed by atoms with Crippen molar-refractivity contribution in [2.45, 2.75) is 39.0 Å². The van der Waals surface area contributed by atoms with Crippen LogP contribution in [-0.4, -0.2) is 36.3 Å². The summed E-state index contributed by atoms with van der Waals surface area (Å²) in [6.07, 6.45) is 5.66. The molecule has 1 atom stereocenters. The van der Waals surface area contributed by atoms with E-state index in [4.69, 9.17) is 10.2 Å². The predicted octanol–water partition coefficient (Wildman–Crippen LogP) is 3.14. The molecule has 0 aliphatic carbocycles. The Kier molecular flexibility index (Phi) is 5.26. The van der Waals surface area contributed by atoms with Gasteiger partial charge in [0.1, 0.15) is 12.0 Å². The molecule has 0 fully saturated rings. The molecule has 3 aromatic heterocycles. The molecule has 0 saturated carbocycles. The van der Waals surface area contributed by atoms with Gasteiger partial charge in [-0.3, -0.25) is 0 Å². The van der Waals surface area contributed by atoms with Gasteiger partial charge in [0.05, 0.1) is 6.20 Å². The first-order chi connectivity index (χ1) is 14.1. The Labute approximate surface area is 168 Å². The van der Waals surface area contributed by atoms with Crippen molar-refractivity contribution in [3.8, 4) is 11.6 Å². The van der Waals surface area contributed by atoms with Gasteiger partial charge in [0.2, 0.25) is 11.8 Å². The first-order valence-electron chi connectivity index (χ1n) is 9.72. The molecule has 0 unspecified atom stereocenters. The van der Waals surface area contributed by atoms with Gasteiger partial charge >= 0.3 is 0 Å². The molecule has 0 radical (unpaired) electrons. The van der Waals surface area contributed by atoms with Crippen molar-refractivity contribution >= 4 is 11.6 Å². The van der Waals surface area contributed by atoms with E-state index in [1.54, 1.807) is 10.7 Å². The van der Waals surface area contributed by atoms with Gasteiger partial charge in [0, 0.05) is 24.5 Å². The quantitative estimate of drug-likeness (QED) is 0.496. The van der Waals surface area contributed by atoms with Crippen molar-refractivity contribution in [2.24, 2.45) is 0 Å². The number of anilines is 1. The van der Waals surface area contributed by atoms with Gasteiger partial charge in [-0.05, 0) is 24.5 Å². The van der Waals surface area contributed by atoms with E-state index in [2.05, 4.69) is 51.2 Å². The Balaban J connectivity index is 1.62. The number of nitrogens with two attached hydrogens (primary N) is 1. The van der Waals surface area contributed by atoms with Gasteiger partial charge in [-0.25, -0.2) is 15.0 Å². The number of aromatic nitrogens is 5. The third-order valence-electron chi connectivity index (χ3n) is 5.09. The van der Waals surface area contributed by atoms with Crippen molar-refractivity contribution < 1.29 is 9.52 Å². The summed E-state index contributed by atoms with van der Waals surface area (Å²) in [4.78, 5) is 13.2. The molecule has 0 aliphatic heterocycles. The van der Waals surface area contributed by atoms with E-state index in [0.29, 0.717) is 29.5 Å². The average molecular weight is 392 g/mol. The van der Waals surface area contributed by atoms with Crippen LogP contribution >= 0.6 is 0 Å². The Morgan fingerprint density at radius 1 is 1.21 bits per heavy atom. The lowest BCUT2D eigenvalue weighted by molar-refractivity contribution is 0.258. The second-order valence-electron chi connectivity index (χ2n) is 7.13. The zero-order valence-electron chi connectivity index (χ0n) is 16.5. The molecule has 0 bridgehead atoms. The highest BCUT2D eigenvalue weighted by molar-refractivity contribution is 5.65. The maximum absolute atomic E-state index is 9.59. The van der Waals surface area contributed by atoms with Gasteiger partial charge in [0.15, 0.2) is 11.5 Å². The Morgan fingerprint density at radius 3 is 2.66 bits per heavy atom. The highest BCUT2D eigenvalue weighted by atomic mass is 16.3. The molecule has 8 heteroatoms. The number of oxazole rings is 1. The summed E-state index contributed by atoms with van der Waals surface area (Å²) in [6, 6.07) is 8.27. The van der Waals surface area contributed by atoms with Crippen LogP contribution in [0.1, 0.15) is 48.2 Å². The van der Waals surface area contributed by atoms with E-state index in [1.807, 2.05) is 6.92 Å². The summed E-state index contributed by atoms with van der Waals surface area (Å²) in [6.45, 7) is 4.19. The zero-order valence-corrected chi connectivity index (χ0v) is 16.5. The molecule has 4 rings (SSSR count). The van der Waals surface area contributed by atoms with Crippen LogP contribution in [0.3, 0.4) is 0 Å². The van der Waals surface area contributed by atoms with E-state index >= 15 is 0 Å². The number of nitrogens with zero attached hydrogens (tertiary/aromatic N) is 5. The van der Waals surface area contributed by atoms with Gasteiger partial charge < -0.3 is 15.3 Å². The maximum Gasteiger partial charge on any atom is 0.245 e. The fourth-order valence-corrected chi connectivity index (χ4v) is 3.53. The van der Waals surface area contributed by atoms with Crippen molar-refractivity contribution in [3.63, 3.8) is 0 Å². The maximum atomic E-state index is 9.59. The fourth-order valence-electron chi connectivity index (χ4n) is 3.53. The second kappa shape index (κ2) is 8.00. The highest BCUT2D eigenvalue weighted by Gasteiger charge is 2.18. The number of fused-ring (bicyclic) bond motifs is 1. The fraction of sp³-hybridized carbons (Fsp3) is 0.333. The first kappa shape index (κ1) is 19.1. The minimum atomic E-state index is 0.166. The van der Waals surface area contributed by atoms with E-state index < -0.39 is 0 Å². The minimum absolute atomic E-state index is 0.166. The number of aliphatic hydroxyl groups excluding tert-OH is 1. The van der Waals surface area contributed by atoms with Crippen LogP contribution in [0.2, 0.25) is 0 Å². The Bertz CT molecular complexity index is 1100. The molecule has 3 heterocycles. The first-order valence-corrected chi connectivity index (χ1v) is 9.72. The van der Waals surface area contributed by atoms with Crippen LogP contribution < -0.4 is 5.73 Å². The van der Waals surface area contributed by atoms with E-state index in [0.717, 1.165) is 29.5 Å². The van der Waals surface area contributed by atoms with Gasteiger partial charge in [-0.15, -0.1) is 5.10 Å². The van der Waals surface area contributed by atoms with Crippen LogP contribution in [0.25, 0.3) is 17.2 Å².